The Balaban J connectivity index is 1.94. The van der Waals surface area contributed by atoms with Crippen molar-refractivity contribution in [2.45, 2.75) is 24.4 Å². The standard InChI is InChI=1S/C19H16BrFN4O2S/c20-10-5-7-15-12(9-10)17(11-3-1-2-4-13(11)21)22-14(6-8-16(26)27)18-23-24-19(28)25(15)18/h1-5,7,9,14,19,24,28H,6,8H2,(H,26,27)/t14?,19-/m1/s1. The van der Waals surface area contributed by atoms with Crippen LogP contribution >= 0.6 is 28.6 Å². The van der Waals surface area contributed by atoms with E-state index in [9.17, 15) is 9.18 Å². The average Bonchev–Trinajstić information content (AvgIpc) is 2.97. The third-order valence-electron chi connectivity index (χ3n) is 4.60. The van der Waals surface area contributed by atoms with Crippen LogP contribution in [0.1, 0.15) is 24.0 Å². The van der Waals surface area contributed by atoms with Crippen LogP contribution in [-0.2, 0) is 4.79 Å². The summed E-state index contributed by atoms with van der Waals surface area (Å²) in [7, 11) is 0. The zero-order chi connectivity index (χ0) is 19.8. The first kappa shape index (κ1) is 18.9. The van der Waals surface area contributed by atoms with Gasteiger partial charge >= 0.3 is 5.97 Å². The molecular weight excluding hydrogens is 447 g/mol. The van der Waals surface area contributed by atoms with Gasteiger partial charge in [-0.1, -0.05) is 28.1 Å². The number of carboxylic acids is 1. The van der Waals surface area contributed by atoms with Crippen LogP contribution in [0.2, 0.25) is 0 Å². The summed E-state index contributed by atoms with van der Waals surface area (Å²) in [5.74, 6) is -0.752. The summed E-state index contributed by atoms with van der Waals surface area (Å²) in [5, 5.41) is 13.5. The molecule has 4 rings (SSSR count). The molecular formula is C19H16BrFN4O2S. The number of aliphatic carboxylic acids is 1. The zero-order valence-corrected chi connectivity index (χ0v) is 17.0. The summed E-state index contributed by atoms with van der Waals surface area (Å²) in [6.07, 6.45) is 0.156. The molecule has 0 fully saturated rings. The van der Waals surface area contributed by atoms with E-state index < -0.39 is 23.3 Å². The van der Waals surface area contributed by atoms with Crippen LogP contribution in [0.25, 0.3) is 0 Å². The van der Waals surface area contributed by atoms with Crippen LogP contribution < -0.4 is 10.3 Å². The van der Waals surface area contributed by atoms with E-state index in [1.165, 1.54) is 6.07 Å². The molecule has 2 atom stereocenters. The third-order valence-corrected chi connectivity index (χ3v) is 5.44. The van der Waals surface area contributed by atoms with Crippen molar-refractivity contribution in [1.82, 2.24) is 5.43 Å². The quantitative estimate of drug-likeness (QED) is 0.606. The average molecular weight is 463 g/mol. The van der Waals surface area contributed by atoms with Gasteiger partial charge < -0.3 is 5.11 Å². The predicted molar refractivity (Wildman–Crippen MR) is 113 cm³/mol. The van der Waals surface area contributed by atoms with Crippen LogP contribution in [0.4, 0.5) is 10.1 Å². The van der Waals surface area contributed by atoms with E-state index in [2.05, 4.69) is 39.1 Å². The van der Waals surface area contributed by atoms with E-state index in [4.69, 9.17) is 10.1 Å². The van der Waals surface area contributed by atoms with Crippen molar-refractivity contribution >= 4 is 51.8 Å². The number of rotatable bonds is 4. The summed E-state index contributed by atoms with van der Waals surface area (Å²) >= 11 is 8.02. The summed E-state index contributed by atoms with van der Waals surface area (Å²) < 4.78 is 15.5. The van der Waals surface area contributed by atoms with Crippen LogP contribution in [0, 0.1) is 5.82 Å². The number of nitrogens with zero attached hydrogens (tertiary/aromatic N) is 3. The number of carboxylic acid groups (broad SMARTS) is 1. The van der Waals surface area contributed by atoms with Crippen molar-refractivity contribution < 1.29 is 14.3 Å². The fourth-order valence-electron chi connectivity index (χ4n) is 3.36. The van der Waals surface area contributed by atoms with Crippen molar-refractivity contribution in [2.75, 3.05) is 4.90 Å². The number of carbonyl (C=O) groups is 1. The Bertz CT molecular complexity index is 1010. The maximum Gasteiger partial charge on any atom is 0.303 e. The lowest BCUT2D eigenvalue weighted by atomic mass is 9.99. The molecule has 2 heterocycles. The van der Waals surface area contributed by atoms with Gasteiger partial charge in [-0.3, -0.25) is 20.1 Å². The van der Waals surface area contributed by atoms with Crippen LogP contribution in [0.3, 0.4) is 0 Å². The van der Waals surface area contributed by atoms with E-state index in [1.54, 1.807) is 18.2 Å². The molecule has 2 aliphatic heterocycles. The highest BCUT2D eigenvalue weighted by Crippen LogP contribution is 2.35. The highest BCUT2D eigenvalue weighted by atomic mass is 79.9. The van der Waals surface area contributed by atoms with E-state index in [-0.39, 0.29) is 12.8 Å². The fourth-order valence-corrected chi connectivity index (χ4v) is 4.03. The number of hydrogen-bond donors (Lipinski definition) is 3. The second-order valence-electron chi connectivity index (χ2n) is 6.41. The highest BCUT2D eigenvalue weighted by Gasteiger charge is 2.37. The van der Waals surface area contributed by atoms with E-state index in [1.807, 2.05) is 23.1 Å². The van der Waals surface area contributed by atoms with Crippen LogP contribution in [0.15, 0.2) is 57.0 Å². The van der Waals surface area contributed by atoms with Gasteiger partial charge in [0.05, 0.1) is 11.4 Å². The molecule has 1 unspecified atom stereocenters. The smallest absolute Gasteiger partial charge is 0.303 e. The maximum atomic E-state index is 14.7. The molecule has 0 saturated carbocycles. The Morgan fingerprint density at radius 2 is 2.07 bits per heavy atom. The minimum Gasteiger partial charge on any atom is -0.481 e. The number of nitrogens with one attached hydrogen (secondary N) is 1. The lowest BCUT2D eigenvalue weighted by Crippen LogP contribution is -2.40. The van der Waals surface area contributed by atoms with Gasteiger partial charge in [0.15, 0.2) is 11.3 Å². The zero-order valence-electron chi connectivity index (χ0n) is 14.5. The molecule has 0 bridgehead atoms. The number of hydrazone groups is 1. The van der Waals surface area contributed by atoms with Crippen molar-refractivity contribution in [3.8, 4) is 0 Å². The van der Waals surface area contributed by atoms with Gasteiger partial charge in [0.2, 0.25) is 0 Å². The third kappa shape index (κ3) is 3.40. The van der Waals surface area contributed by atoms with Gasteiger partial charge in [0.1, 0.15) is 11.9 Å². The van der Waals surface area contributed by atoms with Crippen molar-refractivity contribution in [3.05, 3.63) is 63.9 Å². The molecule has 9 heteroatoms. The van der Waals surface area contributed by atoms with Gasteiger partial charge in [-0.25, -0.2) is 4.39 Å². The van der Waals surface area contributed by atoms with Crippen molar-refractivity contribution in [3.63, 3.8) is 0 Å². The van der Waals surface area contributed by atoms with Gasteiger partial charge in [-0.2, -0.15) is 5.10 Å². The Kier molecular flexibility index (Phi) is 5.11. The fraction of sp³-hybridized carbons (Fsp3) is 0.211. The maximum absolute atomic E-state index is 14.7. The van der Waals surface area contributed by atoms with Crippen LogP contribution in [0.5, 0.6) is 0 Å². The highest BCUT2D eigenvalue weighted by molar-refractivity contribution is 9.10. The largest absolute Gasteiger partial charge is 0.481 e. The molecule has 0 aliphatic carbocycles. The van der Waals surface area contributed by atoms with Gasteiger partial charge in [0.25, 0.3) is 0 Å². The molecule has 2 aromatic rings. The number of hydrogen-bond acceptors (Lipinski definition) is 6. The van der Waals surface area contributed by atoms with Crippen molar-refractivity contribution in [2.24, 2.45) is 10.1 Å². The summed E-state index contributed by atoms with van der Waals surface area (Å²) in [6.45, 7) is 0. The molecule has 0 amide bonds. The molecule has 28 heavy (non-hydrogen) atoms. The molecule has 0 radical (unpaired) electrons. The first-order valence-electron chi connectivity index (χ1n) is 8.60. The lowest BCUT2D eigenvalue weighted by Gasteiger charge is -2.26. The second kappa shape index (κ2) is 7.56. The topological polar surface area (TPSA) is 77.3 Å². The normalized spacial score (nSPS) is 20.5. The number of aliphatic imine (C=N–C) groups is 1. The lowest BCUT2D eigenvalue weighted by molar-refractivity contribution is -0.137. The summed E-state index contributed by atoms with van der Waals surface area (Å²) in [5.41, 5.74) is 4.77. The first-order chi connectivity index (χ1) is 13.5. The van der Waals surface area contributed by atoms with Crippen LogP contribution in [-0.4, -0.2) is 34.2 Å². The molecule has 0 saturated heterocycles. The molecule has 2 aromatic carbocycles. The van der Waals surface area contributed by atoms with Gasteiger partial charge in [-0.05, 0) is 36.8 Å². The Hall–Kier alpha value is -2.39. The van der Waals surface area contributed by atoms with Gasteiger partial charge in [0, 0.05) is 22.0 Å². The second-order valence-corrected chi connectivity index (χ2v) is 7.81. The Morgan fingerprint density at radius 3 is 2.82 bits per heavy atom. The molecule has 0 spiro atoms. The summed E-state index contributed by atoms with van der Waals surface area (Å²) in [4.78, 5) is 17.8. The first-order valence-corrected chi connectivity index (χ1v) is 9.91. The van der Waals surface area contributed by atoms with Crippen molar-refractivity contribution in [1.29, 1.82) is 0 Å². The van der Waals surface area contributed by atoms with E-state index in [0.29, 0.717) is 22.7 Å². The molecule has 0 aromatic heterocycles. The number of amidine groups is 1. The minimum absolute atomic E-state index is 0.0805. The SMILES string of the molecule is O=C(O)CCC1N=C(c2ccccc2F)c2cc(Br)ccc2N2C1=NN[C@H]2S. The number of thiol groups is 1. The number of halogens is 2. The molecule has 2 aliphatic rings. The number of fused-ring (bicyclic) bond motifs is 3. The molecule has 6 nitrogen and oxygen atoms in total. The number of anilines is 1. The molecule has 144 valence electrons. The summed E-state index contributed by atoms with van der Waals surface area (Å²) in [6, 6.07) is 11.5. The molecule has 2 N–H and O–H groups in total. The van der Waals surface area contributed by atoms with E-state index >= 15 is 0 Å². The minimum atomic E-state index is -0.923. The van der Waals surface area contributed by atoms with Gasteiger partial charge in [-0.15, -0.1) is 12.6 Å². The van der Waals surface area contributed by atoms with E-state index in [0.717, 1.165) is 10.2 Å². The predicted octanol–water partition coefficient (Wildman–Crippen LogP) is 3.61. The number of benzene rings is 2. The monoisotopic (exact) mass is 462 g/mol. The Labute approximate surface area is 174 Å². The Morgan fingerprint density at radius 1 is 1.29 bits per heavy atom.